The number of fused-ring (bicyclic) bond motifs is 1. The third kappa shape index (κ3) is 5.56. The van der Waals surface area contributed by atoms with E-state index in [2.05, 4.69) is 5.32 Å². The Bertz CT molecular complexity index is 1360. The van der Waals surface area contributed by atoms with E-state index in [0.717, 1.165) is 42.8 Å². The van der Waals surface area contributed by atoms with Crippen LogP contribution < -0.4 is 10.1 Å². The number of carboxylic acid groups (broad SMARTS) is 1. The highest BCUT2D eigenvalue weighted by Crippen LogP contribution is 2.44. The molecule has 1 atom stereocenters. The molecule has 3 aromatic rings. The maximum absolute atomic E-state index is 13.5. The molecule has 0 aliphatic heterocycles. The lowest BCUT2D eigenvalue weighted by molar-refractivity contribution is -0.144. The molecular weight excluding hydrogens is 516 g/mol. The Morgan fingerprint density at radius 1 is 0.947 bits per heavy atom. The van der Waals surface area contributed by atoms with Gasteiger partial charge < -0.3 is 15.2 Å². The molecule has 0 saturated heterocycles. The minimum absolute atomic E-state index is 0.0545. The molecule has 0 radical (unpaired) electrons. The molecule has 4 rings (SSSR count). The average Bonchev–Trinajstić information content (AvgIpc) is 2.82. The number of amides is 1. The van der Waals surface area contributed by atoms with Crippen LogP contribution in [0.4, 0.5) is 26.3 Å². The van der Waals surface area contributed by atoms with Crippen molar-refractivity contribution in [1.82, 2.24) is 5.32 Å². The van der Waals surface area contributed by atoms with Gasteiger partial charge in [0.05, 0.1) is 16.7 Å². The number of benzene rings is 3. The Hall–Kier alpha value is -3.76. The monoisotopic (exact) mass is 539 g/mol. The Morgan fingerprint density at radius 2 is 1.53 bits per heavy atom. The van der Waals surface area contributed by atoms with E-state index in [9.17, 15) is 41.0 Å². The lowest BCUT2D eigenvalue weighted by Gasteiger charge is -2.43. The summed E-state index contributed by atoms with van der Waals surface area (Å²) in [7, 11) is 0. The maximum atomic E-state index is 13.5. The molecule has 0 bridgehead atoms. The lowest BCUT2D eigenvalue weighted by atomic mass is 9.65. The van der Waals surface area contributed by atoms with E-state index in [1.165, 1.54) is 18.2 Å². The number of ether oxygens (including phenoxy) is 1. The summed E-state index contributed by atoms with van der Waals surface area (Å²) in [6.07, 6.45) is -7.29. The number of rotatable bonds is 7. The smallest absolute Gasteiger partial charge is 0.416 e. The van der Waals surface area contributed by atoms with Gasteiger partial charge in [-0.25, -0.2) is 4.79 Å². The highest BCUT2D eigenvalue weighted by Gasteiger charge is 2.45. The largest absolute Gasteiger partial charge is 0.487 e. The van der Waals surface area contributed by atoms with Crippen LogP contribution in [0.5, 0.6) is 5.75 Å². The Labute approximate surface area is 213 Å². The predicted octanol–water partition coefficient (Wildman–Crippen LogP) is 6.83. The first kappa shape index (κ1) is 27.3. The summed E-state index contributed by atoms with van der Waals surface area (Å²) in [6.45, 7) is 1.38. The lowest BCUT2D eigenvalue weighted by Crippen LogP contribution is -2.54. The number of carbonyl (C=O) groups excluding carboxylic acids is 1. The van der Waals surface area contributed by atoms with Gasteiger partial charge in [-0.15, -0.1) is 0 Å². The SMILES string of the molecule is CC1(C(NC(=O)c2ccc3ccc(C(F)(F)F)cc3c2OCc2ccc(C(F)(F)F)cc2)C(=O)O)CCC1. The first-order valence-corrected chi connectivity index (χ1v) is 11.7. The van der Waals surface area contributed by atoms with E-state index in [1.54, 1.807) is 6.92 Å². The van der Waals surface area contributed by atoms with E-state index in [-0.39, 0.29) is 28.9 Å². The fourth-order valence-corrected chi connectivity index (χ4v) is 4.51. The van der Waals surface area contributed by atoms with Gasteiger partial charge >= 0.3 is 18.3 Å². The summed E-state index contributed by atoms with van der Waals surface area (Å²) in [5, 5.41) is 12.5. The van der Waals surface area contributed by atoms with Crippen LogP contribution in [0.2, 0.25) is 0 Å². The number of carboxylic acids is 1. The summed E-state index contributed by atoms with van der Waals surface area (Å²) >= 11 is 0. The van der Waals surface area contributed by atoms with E-state index >= 15 is 0 Å². The van der Waals surface area contributed by atoms with Gasteiger partial charge in [0.2, 0.25) is 0 Å². The van der Waals surface area contributed by atoms with Crippen molar-refractivity contribution < 1.29 is 45.8 Å². The quantitative estimate of drug-likeness (QED) is 0.323. The Morgan fingerprint density at radius 3 is 2.05 bits per heavy atom. The van der Waals surface area contributed by atoms with Gasteiger partial charge in [0.25, 0.3) is 5.91 Å². The standard InChI is InChI=1S/C27H23F6NO4/c1-25(11-2-12-25)22(24(36)37)34-23(35)19-10-6-16-5-9-18(27(31,32)33)13-20(16)21(19)38-14-15-3-7-17(8-4-15)26(28,29)30/h3-10,13,22H,2,11-12,14H2,1H3,(H,34,35)(H,36,37). The normalized spacial score (nSPS) is 16.0. The molecule has 0 heterocycles. The molecule has 38 heavy (non-hydrogen) atoms. The molecule has 202 valence electrons. The number of alkyl halides is 6. The van der Waals surface area contributed by atoms with Crippen LogP contribution in [0.25, 0.3) is 10.8 Å². The van der Waals surface area contributed by atoms with Crippen LogP contribution in [-0.4, -0.2) is 23.0 Å². The van der Waals surface area contributed by atoms with Crippen molar-refractivity contribution in [3.05, 3.63) is 76.9 Å². The number of aliphatic carboxylic acids is 1. The zero-order chi connectivity index (χ0) is 27.9. The van der Waals surface area contributed by atoms with Gasteiger partial charge in [-0.05, 0) is 59.5 Å². The van der Waals surface area contributed by atoms with Crippen LogP contribution >= 0.6 is 0 Å². The third-order valence-corrected chi connectivity index (χ3v) is 6.92. The van der Waals surface area contributed by atoms with Crippen molar-refractivity contribution in [2.45, 2.75) is 51.2 Å². The molecule has 1 aliphatic rings. The number of carbonyl (C=O) groups is 2. The van der Waals surface area contributed by atoms with Gasteiger partial charge in [0.1, 0.15) is 18.4 Å². The second-order valence-electron chi connectivity index (χ2n) is 9.61. The highest BCUT2D eigenvalue weighted by atomic mass is 19.4. The van der Waals surface area contributed by atoms with E-state index in [1.807, 2.05) is 0 Å². The average molecular weight is 539 g/mol. The molecule has 1 saturated carbocycles. The third-order valence-electron chi connectivity index (χ3n) is 6.92. The summed E-state index contributed by atoms with van der Waals surface area (Å²) in [4.78, 5) is 25.2. The first-order valence-electron chi connectivity index (χ1n) is 11.7. The van der Waals surface area contributed by atoms with Gasteiger partial charge in [-0.1, -0.05) is 37.6 Å². The molecule has 1 aliphatic carbocycles. The number of halogens is 6. The molecule has 1 unspecified atom stereocenters. The molecule has 3 aromatic carbocycles. The van der Waals surface area contributed by atoms with Gasteiger partial charge in [-0.2, -0.15) is 26.3 Å². The van der Waals surface area contributed by atoms with Crippen molar-refractivity contribution >= 4 is 22.6 Å². The van der Waals surface area contributed by atoms with Crippen molar-refractivity contribution in [3.63, 3.8) is 0 Å². The zero-order valence-electron chi connectivity index (χ0n) is 20.0. The van der Waals surface area contributed by atoms with E-state index in [4.69, 9.17) is 4.74 Å². The molecule has 1 fully saturated rings. The van der Waals surface area contributed by atoms with Crippen LogP contribution in [0.15, 0.2) is 54.6 Å². The highest BCUT2D eigenvalue weighted by molar-refractivity contribution is 6.05. The number of hydrogen-bond acceptors (Lipinski definition) is 3. The maximum Gasteiger partial charge on any atom is 0.416 e. The molecule has 2 N–H and O–H groups in total. The number of hydrogen-bond donors (Lipinski definition) is 2. The second kappa shape index (κ2) is 9.85. The second-order valence-corrected chi connectivity index (χ2v) is 9.61. The molecule has 0 aromatic heterocycles. The van der Waals surface area contributed by atoms with Crippen molar-refractivity contribution in [3.8, 4) is 5.75 Å². The van der Waals surface area contributed by atoms with Crippen LogP contribution in [0.1, 0.15) is 53.2 Å². The molecule has 0 spiro atoms. The summed E-state index contributed by atoms with van der Waals surface area (Å²) in [5.74, 6) is -2.34. The predicted molar refractivity (Wildman–Crippen MR) is 126 cm³/mol. The van der Waals surface area contributed by atoms with Crippen LogP contribution in [0.3, 0.4) is 0 Å². The minimum Gasteiger partial charge on any atom is -0.487 e. The molecule has 1 amide bonds. The summed E-state index contributed by atoms with van der Waals surface area (Å²) < 4.78 is 84.8. The van der Waals surface area contributed by atoms with Crippen LogP contribution in [0, 0.1) is 5.41 Å². The molecule has 5 nitrogen and oxygen atoms in total. The molecular formula is C27H23F6NO4. The van der Waals surface area contributed by atoms with E-state index in [0.29, 0.717) is 18.2 Å². The van der Waals surface area contributed by atoms with Crippen molar-refractivity contribution in [1.29, 1.82) is 0 Å². The molecule has 11 heteroatoms. The summed E-state index contributed by atoms with van der Waals surface area (Å²) in [5.41, 5.74) is -2.47. The van der Waals surface area contributed by atoms with Gasteiger partial charge in [-0.3, -0.25) is 4.79 Å². The number of nitrogens with one attached hydrogen (secondary N) is 1. The van der Waals surface area contributed by atoms with Crippen molar-refractivity contribution in [2.75, 3.05) is 0 Å². The summed E-state index contributed by atoms with van der Waals surface area (Å²) in [6, 6.07) is 8.39. The Kier molecular flexibility index (Phi) is 7.07. The van der Waals surface area contributed by atoms with Gasteiger partial charge in [0, 0.05) is 5.39 Å². The zero-order valence-corrected chi connectivity index (χ0v) is 20.0. The van der Waals surface area contributed by atoms with E-state index < -0.39 is 46.8 Å². The minimum atomic E-state index is -4.69. The fraction of sp³-hybridized carbons (Fsp3) is 0.333. The van der Waals surface area contributed by atoms with Gasteiger partial charge in [0.15, 0.2) is 0 Å². The Balaban J connectivity index is 1.73. The topological polar surface area (TPSA) is 75.6 Å². The first-order chi connectivity index (χ1) is 17.7. The fourth-order valence-electron chi connectivity index (χ4n) is 4.51. The van der Waals surface area contributed by atoms with Crippen LogP contribution in [-0.2, 0) is 23.8 Å². The van der Waals surface area contributed by atoms with Crippen molar-refractivity contribution in [2.24, 2.45) is 5.41 Å².